The predicted molar refractivity (Wildman–Crippen MR) is 594 cm³/mol. The van der Waals surface area contributed by atoms with E-state index in [1.54, 1.807) is 0 Å². The number of rotatable bonds is 16. The van der Waals surface area contributed by atoms with Crippen LogP contribution in [0.15, 0.2) is 522 Å². The SMILES string of the molecule is c1ccc(-c2cc(-c3ccc(-c4cccc(-c5cc6c7c(cccc7c5)-c5ccccc5-6)c4)cc3)nc(-c3ccccc3)n2)cc1.c1ccc(-c2ccc(-c3nc(-c4ccc(-c5ccccc5)cc4)nc(-c4cccc(-c5cc6c7c(cccc7c5)-c5ccccc5-6)c4)n3)cc2)cc1.c1ccc(-c2ccc(-c3nc(-c4ccccc4)nc(-c4cccc(-c5cc6c7c(cccc7c5)-c5ccccc5-6)c4)n3)cc2)cc1. The van der Waals surface area contributed by atoms with Crippen molar-refractivity contribution >= 4 is 32.3 Å². The molecule has 0 saturated carbocycles. The van der Waals surface area contributed by atoms with E-state index in [1.807, 2.05) is 84.9 Å². The Labute approximate surface area is 834 Å². The maximum Gasteiger partial charge on any atom is 0.164 e. The molecular weight excluding hydrogens is 1750 g/mol. The quantitative estimate of drug-likeness (QED) is 0.0943. The van der Waals surface area contributed by atoms with Gasteiger partial charge < -0.3 is 0 Å². The third-order valence-corrected chi connectivity index (χ3v) is 28.0. The average Bonchev–Trinajstić information content (AvgIpc) is 1.58. The summed E-state index contributed by atoms with van der Waals surface area (Å²) in [7, 11) is 0. The van der Waals surface area contributed by atoms with E-state index in [9.17, 15) is 0 Å². The highest BCUT2D eigenvalue weighted by molar-refractivity contribution is 6.19. The Kier molecular flexibility index (Phi) is 21.8. The summed E-state index contributed by atoms with van der Waals surface area (Å²) in [4.78, 5) is 40.2. The monoisotopic (exact) mass is 1830 g/mol. The lowest BCUT2D eigenvalue weighted by Gasteiger charge is -2.12. The molecule has 28 rings (SSSR count). The van der Waals surface area contributed by atoms with E-state index in [4.69, 9.17) is 39.9 Å². The first-order valence-corrected chi connectivity index (χ1v) is 48.8. The van der Waals surface area contributed by atoms with Crippen LogP contribution in [0.4, 0.5) is 0 Å². The number of aromatic nitrogens is 8. The van der Waals surface area contributed by atoms with Gasteiger partial charge in [-0.25, -0.2) is 39.9 Å². The van der Waals surface area contributed by atoms with Gasteiger partial charge >= 0.3 is 0 Å². The molecule has 0 radical (unpaired) electrons. The van der Waals surface area contributed by atoms with Crippen molar-refractivity contribution in [1.82, 2.24) is 39.9 Å². The van der Waals surface area contributed by atoms with Gasteiger partial charge in [-0.15, -0.1) is 0 Å². The van der Waals surface area contributed by atoms with Crippen LogP contribution in [-0.4, -0.2) is 39.9 Å². The van der Waals surface area contributed by atoms with Crippen molar-refractivity contribution in [3.8, 4) is 247 Å². The van der Waals surface area contributed by atoms with E-state index in [-0.39, 0.29) is 0 Å². The molecule has 0 spiro atoms. The topological polar surface area (TPSA) is 103 Å². The maximum atomic E-state index is 5.10. The Morgan fingerprint density at radius 3 is 0.576 bits per heavy atom. The van der Waals surface area contributed by atoms with E-state index in [0.29, 0.717) is 34.9 Å². The van der Waals surface area contributed by atoms with Crippen LogP contribution in [0.5, 0.6) is 0 Å². The first-order valence-electron chi connectivity index (χ1n) is 48.8. The zero-order valence-corrected chi connectivity index (χ0v) is 78.2. The molecule has 22 aromatic carbocycles. The van der Waals surface area contributed by atoms with E-state index in [0.717, 1.165) is 95.1 Å². The number of hydrogen-bond donors (Lipinski definition) is 0. The smallest absolute Gasteiger partial charge is 0.164 e. The summed E-state index contributed by atoms with van der Waals surface area (Å²) >= 11 is 0. The van der Waals surface area contributed by atoms with E-state index in [1.165, 1.54) is 149 Å². The zero-order valence-electron chi connectivity index (χ0n) is 78.2. The van der Waals surface area contributed by atoms with Crippen LogP contribution in [0.25, 0.3) is 279 Å². The number of hydrogen-bond acceptors (Lipinski definition) is 8. The number of nitrogens with zero attached hydrogens (tertiary/aromatic N) is 8. The van der Waals surface area contributed by atoms with Gasteiger partial charge in [0.1, 0.15) is 0 Å². The van der Waals surface area contributed by atoms with Gasteiger partial charge in [0.2, 0.25) is 0 Å². The largest absolute Gasteiger partial charge is 0.228 e. The summed E-state index contributed by atoms with van der Waals surface area (Å²) < 4.78 is 0. The summed E-state index contributed by atoms with van der Waals surface area (Å²) in [5, 5.41) is 7.79. The van der Waals surface area contributed by atoms with Crippen LogP contribution in [0.1, 0.15) is 0 Å². The fourth-order valence-electron chi connectivity index (χ4n) is 20.8. The van der Waals surface area contributed by atoms with Gasteiger partial charge in [-0.3, -0.25) is 0 Å². The van der Waals surface area contributed by atoms with Gasteiger partial charge in [0, 0.05) is 50.1 Å². The standard InChI is InChI=1S/C49H31N3.C44H28N2.C43H27N3/c1-3-11-32(12-4-1)34-21-25-36(26-22-34)47-50-48(37-27-23-35(24-28-37)33-13-5-2-6-14-33)52-49(51-47)40-17-9-15-38(29-40)41-30-39-16-10-20-44-42-18-7-8-19-43(42)45(31-41)46(39)44;1-3-11-30(12-4-1)41-28-42(46-44(45-41)32-13-5-2-6-14-32)31-23-21-29(22-24-31)33-15-9-16-34(25-33)36-26-35-17-10-20-39-37-18-7-8-19-38(37)40(27-36)43(35)39;1-3-11-28(12-4-1)29-21-23-31(24-22-29)42-44-41(30-13-5-2-6-14-30)45-43(46-42)34-17-9-15-32(25-34)35-26-33-16-10-20-38-36-18-7-8-19-37(36)39(27-35)40(33)38/h1-31H;1-28H;1-27H. The molecule has 25 aromatic rings. The molecule has 0 N–H and O–H groups in total. The molecule has 3 aromatic heterocycles. The minimum absolute atomic E-state index is 0.638. The molecular formula is C136H86N8. The molecule has 0 saturated heterocycles. The Balaban J connectivity index is 0.000000110. The fourth-order valence-corrected chi connectivity index (χ4v) is 20.8. The third kappa shape index (κ3) is 16.3. The molecule has 0 bridgehead atoms. The summed E-state index contributed by atoms with van der Waals surface area (Å²) in [6.07, 6.45) is 0. The van der Waals surface area contributed by atoms with Crippen LogP contribution in [0.2, 0.25) is 0 Å². The molecule has 0 atom stereocenters. The van der Waals surface area contributed by atoms with Gasteiger partial charge in [-0.2, -0.15) is 0 Å². The van der Waals surface area contributed by atoms with Crippen LogP contribution < -0.4 is 0 Å². The van der Waals surface area contributed by atoms with Gasteiger partial charge in [-0.1, -0.05) is 461 Å². The van der Waals surface area contributed by atoms with Gasteiger partial charge in [0.05, 0.1) is 11.4 Å². The van der Waals surface area contributed by atoms with Crippen molar-refractivity contribution in [2.45, 2.75) is 0 Å². The second-order valence-electron chi connectivity index (χ2n) is 36.7. The average molecular weight is 1830 g/mol. The Morgan fingerprint density at radius 1 is 0.0903 bits per heavy atom. The van der Waals surface area contributed by atoms with E-state index < -0.39 is 0 Å². The molecule has 3 aliphatic rings. The van der Waals surface area contributed by atoms with Crippen molar-refractivity contribution < 1.29 is 0 Å². The van der Waals surface area contributed by atoms with Crippen molar-refractivity contribution in [2.24, 2.45) is 0 Å². The fraction of sp³-hybridized carbons (Fsp3) is 0. The molecule has 3 heterocycles. The van der Waals surface area contributed by atoms with Crippen LogP contribution in [0, 0.1) is 0 Å². The maximum absolute atomic E-state index is 5.10. The van der Waals surface area contributed by atoms with Crippen molar-refractivity contribution in [3.63, 3.8) is 0 Å². The number of fused-ring (bicyclic) bond motifs is 9. The number of benzene rings is 22. The minimum Gasteiger partial charge on any atom is -0.228 e. The lowest BCUT2D eigenvalue weighted by Crippen LogP contribution is -2.00. The van der Waals surface area contributed by atoms with Crippen molar-refractivity contribution in [3.05, 3.63) is 522 Å². The summed E-state index contributed by atoms with van der Waals surface area (Å²) in [6, 6.07) is 184. The molecule has 3 aliphatic carbocycles. The van der Waals surface area contributed by atoms with E-state index >= 15 is 0 Å². The molecule has 0 amide bonds. The second-order valence-corrected chi connectivity index (χ2v) is 36.7. The molecule has 8 heteroatoms. The highest BCUT2D eigenvalue weighted by Gasteiger charge is 2.28. The van der Waals surface area contributed by atoms with Crippen molar-refractivity contribution in [2.75, 3.05) is 0 Å². The highest BCUT2D eigenvalue weighted by atomic mass is 15.0. The Bertz CT molecular complexity index is 9080. The van der Waals surface area contributed by atoms with Gasteiger partial charge in [0.25, 0.3) is 0 Å². The molecule has 0 unspecified atom stereocenters. The summed E-state index contributed by atoms with van der Waals surface area (Å²) in [6.45, 7) is 0. The molecule has 144 heavy (non-hydrogen) atoms. The van der Waals surface area contributed by atoms with Crippen LogP contribution in [0.3, 0.4) is 0 Å². The summed E-state index contributed by atoms with van der Waals surface area (Å²) in [5.74, 6) is 4.59. The minimum atomic E-state index is 0.638. The van der Waals surface area contributed by atoms with Crippen LogP contribution in [-0.2, 0) is 0 Å². The normalized spacial score (nSPS) is 11.5. The van der Waals surface area contributed by atoms with Crippen LogP contribution >= 0.6 is 0 Å². The van der Waals surface area contributed by atoms with E-state index in [2.05, 4.69) is 437 Å². The molecule has 670 valence electrons. The van der Waals surface area contributed by atoms with Crippen molar-refractivity contribution in [1.29, 1.82) is 0 Å². The molecule has 0 aliphatic heterocycles. The Morgan fingerprint density at radius 2 is 0.271 bits per heavy atom. The lowest BCUT2D eigenvalue weighted by molar-refractivity contribution is 1.07. The highest BCUT2D eigenvalue weighted by Crippen LogP contribution is 2.53. The Hall–Kier alpha value is -19.3. The predicted octanol–water partition coefficient (Wildman–Crippen LogP) is 35.3. The summed E-state index contributed by atoms with van der Waals surface area (Å²) in [5.41, 5.74) is 42.7. The third-order valence-electron chi connectivity index (χ3n) is 28.0. The van der Waals surface area contributed by atoms with Gasteiger partial charge in [-0.05, 0) is 238 Å². The molecule has 0 fully saturated rings. The van der Waals surface area contributed by atoms with Gasteiger partial charge in [0.15, 0.2) is 40.8 Å². The first kappa shape index (κ1) is 85.2. The first-order chi connectivity index (χ1) is 71.3. The molecule has 8 nitrogen and oxygen atoms in total. The second kappa shape index (κ2) is 36.9. The lowest BCUT2D eigenvalue weighted by atomic mass is 9.94. The zero-order chi connectivity index (χ0) is 95.3.